The van der Waals surface area contributed by atoms with E-state index in [0.717, 1.165) is 25.9 Å². The molecule has 120 valence electrons. The average Bonchev–Trinajstić information content (AvgIpc) is 2.83. The second kappa shape index (κ2) is 8.22. The van der Waals surface area contributed by atoms with Gasteiger partial charge in [0.15, 0.2) is 10.6 Å². The van der Waals surface area contributed by atoms with E-state index in [1.165, 1.54) is 5.56 Å². The molecule has 0 aliphatic rings. The molecule has 1 N–H and O–H groups in total. The summed E-state index contributed by atoms with van der Waals surface area (Å²) in [4.78, 5) is 2.19. The fourth-order valence-electron chi connectivity index (χ4n) is 2.41. The maximum Gasteiger partial charge on any atom is 0.199 e. The Hall–Kier alpha value is -1.50. The highest BCUT2D eigenvalue weighted by molar-refractivity contribution is 7.71. The molecular weight excluding hydrogens is 296 g/mol. The summed E-state index contributed by atoms with van der Waals surface area (Å²) in [7, 11) is 2.06. The normalized spacial score (nSPS) is 11.3. The Kier molecular flexibility index (Phi) is 6.30. The maximum absolute atomic E-state index is 9.41. The van der Waals surface area contributed by atoms with Gasteiger partial charge >= 0.3 is 0 Å². The van der Waals surface area contributed by atoms with Crippen LogP contribution in [0.5, 0.6) is 0 Å². The number of aliphatic hydroxyl groups is 1. The Labute approximate surface area is 136 Å². The van der Waals surface area contributed by atoms with Gasteiger partial charge in [0.1, 0.15) is 6.61 Å². The summed E-state index contributed by atoms with van der Waals surface area (Å²) in [5, 5.41) is 13.8. The van der Waals surface area contributed by atoms with Crippen LogP contribution in [0, 0.1) is 4.77 Å². The third-order valence-corrected chi connectivity index (χ3v) is 4.02. The lowest BCUT2D eigenvalue weighted by atomic mass is 10.1. The minimum Gasteiger partial charge on any atom is -0.388 e. The average molecular weight is 320 g/mol. The molecule has 1 aromatic carbocycles. The van der Waals surface area contributed by atoms with E-state index >= 15 is 0 Å². The first kappa shape index (κ1) is 16.9. The second-order valence-corrected chi connectivity index (χ2v) is 5.83. The van der Waals surface area contributed by atoms with Crippen molar-refractivity contribution in [2.75, 3.05) is 13.6 Å². The van der Waals surface area contributed by atoms with Crippen LogP contribution >= 0.6 is 12.2 Å². The van der Waals surface area contributed by atoms with Crippen molar-refractivity contribution >= 4 is 12.2 Å². The number of rotatable bonds is 8. The molecule has 22 heavy (non-hydrogen) atoms. The number of hydrogen-bond donors (Lipinski definition) is 1. The SMILES string of the molecule is CCCn1c(CO)nn(CN(C)CCc2ccccc2)c1=S. The number of aromatic nitrogens is 3. The fraction of sp³-hybridized carbons (Fsp3) is 0.500. The molecule has 2 aromatic rings. The van der Waals surface area contributed by atoms with Gasteiger partial charge < -0.3 is 9.67 Å². The molecule has 1 heterocycles. The fourth-order valence-corrected chi connectivity index (χ4v) is 2.70. The van der Waals surface area contributed by atoms with Crippen LogP contribution in [-0.4, -0.2) is 37.9 Å². The Morgan fingerprint density at radius 1 is 1.27 bits per heavy atom. The zero-order valence-corrected chi connectivity index (χ0v) is 14.1. The predicted molar refractivity (Wildman–Crippen MR) is 90.0 cm³/mol. The molecule has 0 saturated carbocycles. The van der Waals surface area contributed by atoms with Gasteiger partial charge in [-0.15, -0.1) is 0 Å². The molecule has 1 aromatic heterocycles. The van der Waals surface area contributed by atoms with Crippen LogP contribution in [0.3, 0.4) is 0 Å². The molecule has 0 spiro atoms. The molecule has 2 rings (SSSR count). The van der Waals surface area contributed by atoms with Gasteiger partial charge in [-0.1, -0.05) is 37.3 Å². The van der Waals surface area contributed by atoms with Crippen molar-refractivity contribution in [2.24, 2.45) is 0 Å². The molecule has 0 saturated heterocycles. The minimum absolute atomic E-state index is 0.0790. The van der Waals surface area contributed by atoms with Crippen LogP contribution < -0.4 is 0 Å². The van der Waals surface area contributed by atoms with Crippen molar-refractivity contribution in [3.8, 4) is 0 Å². The standard InChI is InChI=1S/C16H24N4OS/c1-3-10-19-15(12-21)17-20(16(19)22)13-18(2)11-9-14-7-5-4-6-8-14/h4-8,21H,3,9-13H2,1-2H3. The lowest BCUT2D eigenvalue weighted by molar-refractivity contribution is 0.246. The van der Waals surface area contributed by atoms with Crippen molar-refractivity contribution in [3.05, 3.63) is 46.5 Å². The first-order chi connectivity index (χ1) is 10.7. The van der Waals surface area contributed by atoms with Crippen molar-refractivity contribution < 1.29 is 5.11 Å². The zero-order valence-electron chi connectivity index (χ0n) is 13.3. The van der Waals surface area contributed by atoms with Crippen molar-refractivity contribution in [3.63, 3.8) is 0 Å². The first-order valence-corrected chi connectivity index (χ1v) is 8.06. The van der Waals surface area contributed by atoms with Gasteiger partial charge in [-0.3, -0.25) is 4.90 Å². The molecule has 0 atom stereocenters. The molecule has 0 aliphatic carbocycles. The van der Waals surface area contributed by atoms with Crippen LogP contribution in [-0.2, 0) is 26.2 Å². The summed E-state index contributed by atoms with van der Waals surface area (Å²) in [6, 6.07) is 10.4. The monoisotopic (exact) mass is 320 g/mol. The highest BCUT2D eigenvalue weighted by atomic mass is 32.1. The summed E-state index contributed by atoms with van der Waals surface area (Å²) in [5.74, 6) is 0.642. The minimum atomic E-state index is -0.0790. The van der Waals surface area contributed by atoms with Crippen LogP contribution in [0.1, 0.15) is 24.7 Å². The smallest absolute Gasteiger partial charge is 0.199 e. The summed E-state index contributed by atoms with van der Waals surface area (Å²) in [6.07, 6.45) is 1.96. The van der Waals surface area contributed by atoms with Gasteiger partial charge in [-0.2, -0.15) is 5.10 Å². The Bertz CT molecular complexity index is 635. The number of aliphatic hydroxyl groups excluding tert-OH is 1. The molecule has 0 radical (unpaired) electrons. The number of benzene rings is 1. The van der Waals surface area contributed by atoms with Crippen molar-refractivity contribution in [1.29, 1.82) is 0 Å². The molecule has 0 fully saturated rings. The Balaban J connectivity index is 1.99. The Morgan fingerprint density at radius 3 is 2.64 bits per heavy atom. The predicted octanol–water partition coefficient (Wildman–Crippen LogP) is 2.45. The molecule has 0 aliphatic heterocycles. The van der Waals surface area contributed by atoms with Gasteiger partial charge in [0, 0.05) is 13.1 Å². The molecule has 6 heteroatoms. The molecule has 0 amide bonds. The van der Waals surface area contributed by atoms with Crippen molar-refractivity contribution in [1.82, 2.24) is 19.2 Å². The quantitative estimate of drug-likeness (QED) is 0.759. The van der Waals surface area contributed by atoms with E-state index in [-0.39, 0.29) is 6.61 Å². The molecular formula is C16H24N4OS. The van der Waals surface area contributed by atoms with E-state index < -0.39 is 0 Å². The summed E-state index contributed by atoms with van der Waals surface area (Å²) >= 11 is 5.47. The van der Waals surface area contributed by atoms with Gasteiger partial charge in [0.05, 0.1) is 6.67 Å². The lowest BCUT2D eigenvalue weighted by Gasteiger charge is -2.16. The second-order valence-electron chi connectivity index (χ2n) is 5.46. The largest absolute Gasteiger partial charge is 0.388 e. The third kappa shape index (κ3) is 4.25. The molecule has 0 unspecified atom stereocenters. The summed E-state index contributed by atoms with van der Waals surface area (Å²) in [6.45, 7) is 4.37. The van der Waals surface area contributed by atoms with E-state index in [1.807, 2.05) is 10.6 Å². The number of nitrogens with zero attached hydrogens (tertiary/aromatic N) is 4. The zero-order chi connectivity index (χ0) is 15.9. The Morgan fingerprint density at radius 2 is 2.00 bits per heavy atom. The van der Waals surface area contributed by atoms with Gasteiger partial charge in [-0.05, 0) is 37.7 Å². The van der Waals surface area contributed by atoms with E-state index in [4.69, 9.17) is 12.2 Å². The highest BCUT2D eigenvalue weighted by Crippen LogP contribution is 2.06. The van der Waals surface area contributed by atoms with Crippen LogP contribution in [0.4, 0.5) is 0 Å². The first-order valence-electron chi connectivity index (χ1n) is 7.65. The molecule has 0 bridgehead atoms. The van der Waals surface area contributed by atoms with Crippen LogP contribution in [0.2, 0.25) is 0 Å². The van der Waals surface area contributed by atoms with Gasteiger partial charge in [0.25, 0.3) is 0 Å². The van der Waals surface area contributed by atoms with E-state index in [2.05, 4.69) is 48.2 Å². The highest BCUT2D eigenvalue weighted by Gasteiger charge is 2.10. The topological polar surface area (TPSA) is 46.2 Å². The van der Waals surface area contributed by atoms with Crippen LogP contribution in [0.25, 0.3) is 0 Å². The summed E-state index contributed by atoms with van der Waals surface area (Å²) in [5.41, 5.74) is 1.32. The lowest BCUT2D eigenvalue weighted by Crippen LogP contribution is -2.25. The van der Waals surface area contributed by atoms with Gasteiger partial charge in [-0.25, -0.2) is 4.68 Å². The third-order valence-electron chi connectivity index (χ3n) is 3.59. The van der Waals surface area contributed by atoms with Gasteiger partial charge in [0.2, 0.25) is 0 Å². The van der Waals surface area contributed by atoms with E-state index in [1.54, 1.807) is 4.68 Å². The number of likely N-dealkylation sites (N-methyl/N-ethyl adjacent to an activating group) is 1. The van der Waals surface area contributed by atoms with E-state index in [9.17, 15) is 5.11 Å². The number of hydrogen-bond acceptors (Lipinski definition) is 4. The van der Waals surface area contributed by atoms with E-state index in [0.29, 0.717) is 17.3 Å². The molecule has 5 nitrogen and oxygen atoms in total. The maximum atomic E-state index is 9.41. The van der Waals surface area contributed by atoms with Crippen LogP contribution in [0.15, 0.2) is 30.3 Å². The summed E-state index contributed by atoms with van der Waals surface area (Å²) < 4.78 is 4.39. The van der Waals surface area contributed by atoms with Crippen molar-refractivity contribution in [2.45, 2.75) is 39.6 Å².